The topological polar surface area (TPSA) is 120 Å². The normalized spacial score (nSPS) is 14.8. The summed E-state index contributed by atoms with van der Waals surface area (Å²) in [5, 5.41) is 27.6. The highest BCUT2D eigenvalue weighted by molar-refractivity contribution is 5.86. The number of nitrogens with one attached hydrogen (secondary N) is 3. The second-order valence-electron chi connectivity index (χ2n) is 8.11. The second-order valence-corrected chi connectivity index (χ2v) is 8.11. The Labute approximate surface area is 166 Å². The van der Waals surface area contributed by atoms with Gasteiger partial charge < -0.3 is 30.9 Å². The van der Waals surface area contributed by atoms with Gasteiger partial charge in [-0.1, -0.05) is 26.0 Å². The number of aliphatic hydroxyl groups excluding tert-OH is 2. The summed E-state index contributed by atoms with van der Waals surface area (Å²) in [6.45, 7) is 10.4. The SMILES string of the molecule is CC(C)C(NC(=O)OC(C)(C)C)C(=O)N[C@@H](C)C(O)Nc1ccc(CO)cc1. The molecule has 1 aromatic carbocycles. The van der Waals surface area contributed by atoms with E-state index in [1.165, 1.54) is 0 Å². The van der Waals surface area contributed by atoms with Crippen molar-refractivity contribution in [3.8, 4) is 0 Å². The molecule has 0 aliphatic rings. The zero-order valence-corrected chi connectivity index (χ0v) is 17.4. The number of rotatable bonds is 8. The van der Waals surface area contributed by atoms with Crippen molar-refractivity contribution in [1.82, 2.24) is 10.6 Å². The first-order valence-electron chi connectivity index (χ1n) is 9.37. The zero-order valence-electron chi connectivity index (χ0n) is 17.4. The lowest BCUT2D eigenvalue weighted by molar-refractivity contribution is -0.125. The summed E-state index contributed by atoms with van der Waals surface area (Å²) < 4.78 is 5.21. The molecule has 0 aliphatic heterocycles. The van der Waals surface area contributed by atoms with E-state index in [-0.39, 0.29) is 12.5 Å². The smallest absolute Gasteiger partial charge is 0.408 e. The van der Waals surface area contributed by atoms with Gasteiger partial charge in [0.05, 0.1) is 12.6 Å². The third kappa shape index (κ3) is 8.14. The molecule has 2 amide bonds. The van der Waals surface area contributed by atoms with Crippen molar-refractivity contribution >= 4 is 17.7 Å². The van der Waals surface area contributed by atoms with Gasteiger partial charge in [0.15, 0.2) is 0 Å². The minimum atomic E-state index is -1.04. The molecule has 0 aliphatic carbocycles. The lowest BCUT2D eigenvalue weighted by Crippen LogP contribution is -2.55. The molecule has 0 radical (unpaired) electrons. The fourth-order valence-corrected chi connectivity index (χ4v) is 2.36. The molecule has 3 atom stereocenters. The monoisotopic (exact) mass is 395 g/mol. The molecule has 158 valence electrons. The number of aliphatic hydroxyl groups is 2. The number of carbonyl (C=O) groups excluding carboxylic acids is 2. The number of amides is 2. The maximum atomic E-state index is 12.6. The average Bonchev–Trinajstić information content (AvgIpc) is 2.58. The predicted molar refractivity (Wildman–Crippen MR) is 108 cm³/mol. The lowest BCUT2D eigenvalue weighted by atomic mass is 10.0. The highest BCUT2D eigenvalue weighted by atomic mass is 16.6. The first-order chi connectivity index (χ1) is 12.9. The Kier molecular flexibility index (Phi) is 8.71. The van der Waals surface area contributed by atoms with Gasteiger partial charge >= 0.3 is 6.09 Å². The fourth-order valence-electron chi connectivity index (χ4n) is 2.36. The third-order valence-electron chi connectivity index (χ3n) is 3.92. The van der Waals surface area contributed by atoms with Crippen LogP contribution in [0.1, 0.15) is 47.1 Å². The summed E-state index contributed by atoms with van der Waals surface area (Å²) in [7, 11) is 0. The lowest BCUT2D eigenvalue weighted by Gasteiger charge is -2.28. The van der Waals surface area contributed by atoms with Crippen LogP contribution in [0.4, 0.5) is 10.5 Å². The molecule has 0 bridgehead atoms. The molecular formula is C20H33N3O5. The summed E-state index contributed by atoms with van der Waals surface area (Å²) in [6, 6.07) is 5.50. The van der Waals surface area contributed by atoms with Crippen LogP contribution in [0.3, 0.4) is 0 Å². The van der Waals surface area contributed by atoms with E-state index in [2.05, 4.69) is 16.0 Å². The van der Waals surface area contributed by atoms with Gasteiger partial charge in [0.1, 0.15) is 17.9 Å². The first-order valence-corrected chi connectivity index (χ1v) is 9.37. The van der Waals surface area contributed by atoms with Gasteiger partial charge in [-0.3, -0.25) is 4.79 Å². The van der Waals surface area contributed by atoms with Crippen LogP contribution in [0.15, 0.2) is 24.3 Å². The highest BCUT2D eigenvalue weighted by Crippen LogP contribution is 2.12. The van der Waals surface area contributed by atoms with Gasteiger partial charge in [0.2, 0.25) is 5.91 Å². The molecule has 8 heteroatoms. The minimum Gasteiger partial charge on any atom is -0.444 e. The largest absolute Gasteiger partial charge is 0.444 e. The highest BCUT2D eigenvalue weighted by Gasteiger charge is 2.29. The number of ether oxygens (including phenoxy) is 1. The molecule has 0 saturated heterocycles. The molecule has 0 saturated carbocycles. The average molecular weight is 396 g/mol. The van der Waals surface area contributed by atoms with Crippen LogP contribution in [0.2, 0.25) is 0 Å². The van der Waals surface area contributed by atoms with E-state index in [1.807, 2.05) is 13.8 Å². The fraction of sp³-hybridized carbons (Fsp3) is 0.600. The Morgan fingerprint density at radius 3 is 2.11 bits per heavy atom. The van der Waals surface area contributed by atoms with Crippen LogP contribution in [0.5, 0.6) is 0 Å². The summed E-state index contributed by atoms with van der Waals surface area (Å²) in [5.41, 5.74) is 0.744. The molecule has 0 aromatic heterocycles. The Morgan fingerprint density at radius 1 is 1.07 bits per heavy atom. The van der Waals surface area contributed by atoms with Crippen molar-refractivity contribution in [2.24, 2.45) is 5.92 Å². The van der Waals surface area contributed by atoms with Gasteiger partial charge in [-0.2, -0.15) is 0 Å². The van der Waals surface area contributed by atoms with Gasteiger partial charge in [-0.05, 0) is 51.3 Å². The number of hydrogen-bond donors (Lipinski definition) is 5. The Balaban J connectivity index is 2.65. The van der Waals surface area contributed by atoms with Crippen molar-refractivity contribution in [2.75, 3.05) is 5.32 Å². The summed E-state index contributed by atoms with van der Waals surface area (Å²) in [5.74, 6) is -0.583. The molecule has 28 heavy (non-hydrogen) atoms. The summed E-state index contributed by atoms with van der Waals surface area (Å²) in [4.78, 5) is 24.6. The molecule has 1 rings (SSSR count). The van der Waals surface area contributed by atoms with Crippen molar-refractivity contribution in [3.63, 3.8) is 0 Å². The Hall–Kier alpha value is -2.32. The second kappa shape index (κ2) is 10.3. The molecule has 0 spiro atoms. The first kappa shape index (κ1) is 23.7. The molecular weight excluding hydrogens is 362 g/mol. The standard InChI is InChI=1S/C20H33N3O5/c1-12(2)16(23-19(27)28-20(4,5)6)18(26)21-13(3)17(25)22-15-9-7-14(11-24)8-10-15/h7-10,12-13,16-17,22,24-25H,11H2,1-6H3,(H,21,26)(H,23,27)/t13-,16?,17?/m0/s1. The molecule has 5 N–H and O–H groups in total. The molecule has 2 unspecified atom stereocenters. The van der Waals surface area contributed by atoms with Gasteiger partial charge in [-0.25, -0.2) is 4.79 Å². The minimum absolute atomic E-state index is 0.0590. The van der Waals surface area contributed by atoms with Crippen molar-refractivity contribution in [3.05, 3.63) is 29.8 Å². The van der Waals surface area contributed by atoms with Crippen molar-refractivity contribution < 1.29 is 24.5 Å². The molecule has 0 fully saturated rings. The van der Waals surface area contributed by atoms with Gasteiger partial charge in [-0.15, -0.1) is 0 Å². The quantitative estimate of drug-likeness (QED) is 0.429. The number of alkyl carbamates (subject to hydrolysis) is 1. The Bertz CT molecular complexity index is 640. The van der Waals surface area contributed by atoms with Crippen molar-refractivity contribution in [2.45, 2.75) is 72.1 Å². The number of hydrogen-bond acceptors (Lipinski definition) is 6. The summed E-state index contributed by atoms with van der Waals surface area (Å²) >= 11 is 0. The molecule has 1 aromatic rings. The molecule has 8 nitrogen and oxygen atoms in total. The van der Waals surface area contributed by atoms with Crippen LogP contribution in [0.25, 0.3) is 0 Å². The predicted octanol–water partition coefficient (Wildman–Crippen LogP) is 1.96. The van der Waals surface area contributed by atoms with E-state index in [1.54, 1.807) is 52.0 Å². The number of anilines is 1. The van der Waals surface area contributed by atoms with E-state index in [0.29, 0.717) is 5.69 Å². The van der Waals surface area contributed by atoms with E-state index in [4.69, 9.17) is 9.84 Å². The van der Waals surface area contributed by atoms with E-state index in [9.17, 15) is 14.7 Å². The summed E-state index contributed by atoms with van der Waals surface area (Å²) in [6.07, 6.45) is -1.71. The number of benzene rings is 1. The van der Waals surface area contributed by atoms with Crippen molar-refractivity contribution in [1.29, 1.82) is 0 Å². The maximum absolute atomic E-state index is 12.6. The third-order valence-corrected chi connectivity index (χ3v) is 3.92. The zero-order chi connectivity index (χ0) is 21.5. The van der Waals surface area contributed by atoms with Gasteiger partial charge in [0, 0.05) is 5.69 Å². The van der Waals surface area contributed by atoms with E-state index in [0.717, 1.165) is 5.56 Å². The van der Waals surface area contributed by atoms with Crippen LogP contribution in [-0.2, 0) is 16.1 Å². The maximum Gasteiger partial charge on any atom is 0.408 e. The number of carbonyl (C=O) groups is 2. The Morgan fingerprint density at radius 2 is 1.64 bits per heavy atom. The van der Waals surface area contributed by atoms with Crippen LogP contribution in [0, 0.1) is 5.92 Å². The van der Waals surface area contributed by atoms with Crippen LogP contribution >= 0.6 is 0 Å². The van der Waals surface area contributed by atoms with E-state index < -0.39 is 35.9 Å². The van der Waals surface area contributed by atoms with E-state index >= 15 is 0 Å². The van der Waals surface area contributed by atoms with Gasteiger partial charge in [0.25, 0.3) is 0 Å². The van der Waals surface area contributed by atoms with Crippen LogP contribution in [-0.4, -0.2) is 46.1 Å². The molecule has 0 heterocycles. The van der Waals surface area contributed by atoms with Crippen LogP contribution < -0.4 is 16.0 Å².